The smallest absolute Gasteiger partial charge is 0.302 e. The zero-order valence-corrected chi connectivity index (χ0v) is 14.2. The Bertz CT molecular complexity index is 448. The largest absolute Gasteiger partial charge is 0.461 e. The van der Waals surface area contributed by atoms with Crippen molar-refractivity contribution >= 4 is 5.97 Å². The van der Waals surface area contributed by atoms with Crippen molar-refractivity contribution in [2.45, 2.75) is 53.1 Å². The highest BCUT2D eigenvalue weighted by Gasteiger charge is 2.28. The summed E-state index contributed by atoms with van der Waals surface area (Å²) in [6, 6.07) is 0. The summed E-state index contributed by atoms with van der Waals surface area (Å²) in [7, 11) is 0. The van der Waals surface area contributed by atoms with Gasteiger partial charge in [0.1, 0.15) is 12.7 Å². The Kier molecular flexibility index (Phi) is 8.13. The van der Waals surface area contributed by atoms with Crippen molar-refractivity contribution in [2.24, 2.45) is 5.92 Å². The molecule has 4 nitrogen and oxygen atoms in total. The lowest BCUT2D eigenvalue weighted by molar-refractivity contribution is -0.321. The van der Waals surface area contributed by atoms with Crippen molar-refractivity contribution < 1.29 is 19.3 Å². The quantitative estimate of drug-likeness (QED) is 0.222. The van der Waals surface area contributed by atoms with Crippen molar-refractivity contribution in [3.63, 3.8) is 0 Å². The fourth-order valence-corrected chi connectivity index (χ4v) is 2.45. The van der Waals surface area contributed by atoms with E-state index in [-0.39, 0.29) is 18.0 Å². The second-order valence-electron chi connectivity index (χ2n) is 5.89. The summed E-state index contributed by atoms with van der Waals surface area (Å²) in [4.78, 5) is 22.0. The molecule has 2 unspecified atom stereocenters. The highest BCUT2D eigenvalue weighted by atomic mass is 17.2. The summed E-state index contributed by atoms with van der Waals surface area (Å²) in [5.74, 6) is -0.0880. The minimum absolute atomic E-state index is 0.138. The van der Waals surface area contributed by atoms with Gasteiger partial charge in [0.2, 0.25) is 0 Å². The van der Waals surface area contributed by atoms with E-state index in [0.29, 0.717) is 13.2 Å². The Morgan fingerprint density at radius 3 is 2.77 bits per heavy atom. The van der Waals surface area contributed by atoms with Crippen LogP contribution in [0.3, 0.4) is 0 Å². The Morgan fingerprint density at radius 1 is 1.45 bits per heavy atom. The van der Waals surface area contributed by atoms with Gasteiger partial charge in [0.05, 0.1) is 6.61 Å². The third-order valence-corrected chi connectivity index (χ3v) is 3.78. The molecule has 0 bridgehead atoms. The van der Waals surface area contributed by atoms with Crippen LogP contribution >= 0.6 is 0 Å². The van der Waals surface area contributed by atoms with Crippen LogP contribution in [0.25, 0.3) is 0 Å². The Morgan fingerprint density at radius 2 is 2.18 bits per heavy atom. The zero-order chi connectivity index (χ0) is 16.5. The van der Waals surface area contributed by atoms with Gasteiger partial charge in [0.15, 0.2) is 0 Å². The van der Waals surface area contributed by atoms with Crippen molar-refractivity contribution in [2.75, 3.05) is 13.2 Å². The maximum absolute atomic E-state index is 11.0. The third-order valence-electron chi connectivity index (χ3n) is 3.78. The molecule has 0 radical (unpaired) electrons. The lowest BCUT2D eigenvalue weighted by atomic mass is 9.82. The molecule has 0 aromatic heterocycles. The van der Waals surface area contributed by atoms with Crippen LogP contribution in [-0.2, 0) is 19.3 Å². The van der Waals surface area contributed by atoms with Gasteiger partial charge >= 0.3 is 5.97 Å². The fourth-order valence-electron chi connectivity index (χ4n) is 2.45. The molecule has 0 saturated heterocycles. The molecule has 0 aromatic carbocycles. The molecule has 0 aliphatic heterocycles. The van der Waals surface area contributed by atoms with Gasteiger partial charge in [-0.05, 0) is 45.6 Å². The van der Waals surface area contributed by atoms with Crippen LogP contribution in [0.1, 0.15) is 47.0 Å². The van der Waals surface area contributed by atoms with Gasteiger partial charge in [-0.3, -0.25) is 4.79 Å². The van der Waals surface area contributed by atoms with E-state index >= 15 is 0 Å². The predicted octanol–water partition coefficient (Wildman–Crippen LogP) is 4.14. The molecule has 0 heterocycles. The van der Waals surface area contributed by atoms with Crippen LogP contribution in [-0.4, -0.2) is 25.3 Å². The van der Waals surface area contributed by atoms with Gasteiger partial charge in [-0.25, -0.2) is 9.78 Å². The number of rotatable bonds is 8. The molecule has 1 aliphatic rings. The van der Waals surface area contributed by atoms with E-state index in [2.05, 4.69) is 19.6 Å². The molecule has 0 amide bonds. The number of hydrogen-bond acceptors (Lipinski definition) is 4. The first-order valence-corrected chi connectivity index (χ1v) is 7.82. The van der Waals surface area contributed by atoms with Gasteiger partial charge in [-0.15, -0.1) is 6.58 Å². The standard InChI is InChI=1S/C18H28O4/c1-6-16(12-20-15(5)19)17-8-7-14(4)11-18(17)22-21-10-9-13(2)3/h6,11,17-18H,2,7-10,12H2,1,3-5H3/b16-6-. The summed E-state index contributed by atoms with van der Waals surface area (Å²) in [5, 5.41) is 0. The summed E-state index contributed by atoms with van der Waals surface area (Å²) in [6.07, 6.45) is 6.74. The van der Waals surface area contributed by atoms with E-state index in [0.717, 1.165) is 30.4 Å². The van der Waals surface area contributed by atoms with E-state index in [1.807, 2.05) is 19.9 Å². The summed E-state index contributed by atoms with van der Waals surface area (Å²) in [5.41, 5.74) is 3.44. The summed E-state index contributed by atoms with van der Waals surface area (Å²) < 4.78 is 5.14. The van der Waals surface area contributed by atoms with Gasteiger partial charge in [0, 0.05) is 12.8 Å². The molecule has 22 heavy (non-hydrogen) atoms. The molecule has 0 spiro atoms. The second-order valence-corrected chi connectivity index (χ2v) is 5.89. The first-order chi connectivity index (χ1) is 10.4. The SMILES string of the molecule is C=C(C)CCOOC1C=C(C)CCC1/C(=C\C)COC(C)=O. The minimum atomic E-state index is -0.267. The highest BCUT2D eigenvalue weighted by molar-refractivity contribution is 5.66. The van der Waals surface area contributed by atoms with Crippen molar-refractivity contribution in [1.82, 2.24) is 0 Å². The molecular weight excluding hydrogens is 280 g/mol. The average molecular weight is 308 g/mol. The zero-order valence-electron chi connectivity index (χ0n) is 14.2. The number of esters is 1. The number of carbonyl (C=O) groups is 1. The normalized spacial score (nSPS) is 22.2. The van der Waals surface area contributed by atoms with Crippen LogP contribution in [0, 0.1) is 5.92 Å². The summed E-state index contributed by atoms with van der Waals surface area (Å²) >= 11 is 0. The van der Waals surface area contributed by atoms with E-state index in [1.54, 1.807) is 0 Å². The van der Waals surface area contributed by atoms with Gasteiger partial charge in [0.25, 0.3) is 0 Å². The van der Waals surface area contributed by atoms with Crippen molar-refractivity contribution in [1.29, 1.82) is 0 Å². The Labute approximate surface area is 133 Å². The average Bonchev–Trinajstić information content (AvgIpc) is 2.45. The van der Waals surface area contributed by atoms with Crippen LogP contribution < -0.4 is 0 Å². The molecule has 0 aromatic rings. The van der Waals surface area contributed by atoms with Crippen LogP contribution in [0.2, 0.25) is 0 Å². The lowest BCUT2D eigenvalue weighted by Gasteiger charge is -2.30. The molecular formula is C18H28O4. The summed E-state index contributed by atoms with van der Waals surface area (Å²) in [6.45, 7) is 12.1. The van der Waals surface area contributed by atoms with Gasteiger partial charge in [-0.1, -0.05) is 23.3 Å². The van der Waals surface area contributed by atoms with E-state index < -0.39 is 0 Å². The molecule has 1 aliphatic carbocycles. The topological polar surface area (TPSA) is 44.8 Å². The monoisotopic (exact) mass is 308 g/mol. The van der Waals surface area contributed by atoms with Crippen LogP contribution in [0.5, 0.6) is 0 Å². The Hall–Kier alpha value is -1.39. The van der Waals surface area contributed by atoms with E-state index in [4.69, 9.17) is 14.5 Å². The highest BCUT2D eigenvalue weighted by Crippen LogP contribution is 2.31. The first-order valence-electron chi connectivity index (χ1n) is 7.82. The van der Waals surface area contributed by atoms with Gasteiger partial charge in [-0.2, -0.15) is 0 Å². The first kappa shape index (κ1) is 18.7. The van der Waals surface area contributed by atoms with Gasteiger partial charge < -0.3 is 4.74 Å². The molecule has 0 saturated carbocycles. The van der Waals surface area contributed by atoms with Crippen LogP contribution in [0.15, 0.2) is 35.5 Å². The molecule has 2 atom stereocenters. The molecule has 0 fully saturated rings. The number of carbonyl (C=O) groups excluding carboxylic acids is 1. The molecule has 1 rings (SSSR count). The predicted molar refractivity (Wildman–Crippen MR) is 87.1 cm³/mol. The van der Waals surface area contributed by atoms with E-state index in [1.165, 1.54) is 12.5 Å². The lowest BCUT2D eigenvalue weighted by Crippen LogP contribution is -2.29. The molecule has 4 heteroatoms. The van der Waals surface area contributed by atoms with E-state index in [9.17, 15) is 4.79 Å². The van der Waals surface area contributed by atoms with Crippen molar-refractivity contribution in [3.8, 4) is 0 Å². The Balaban J connectivity index is 2.64. The van der Waals surface area contributed by atoms with Crippen molar-refractivity contribution in [3.05, 3.63) is 35.5 Å². The minimum Gasteiger partial charge on any atom is -0.461 e. The number of ether oxygens (including phenoxy) is 1. The fraction of sp³-hybridized carbons (Fsp3) is 0.611. The number of allylic oxidation sites excluding steroid dienone is 2. The maximum atomic E-state index is 11.0. The number of hydrogen-bond donors (Lipinski definition) is 0. The third kappa shape index (κ3) is 6.58. The molecule has 0 N–H and O–H groups in total. The molecule has 124 valence electrons. The second kappa shape index (κ2) is 9.59. The van der Waals surface area contributed by atoms with Crippen LogP contribution in [0.4, 0.5) is 0 Å². The maximum Gasteiger partial charge on any atom is 0.302 e.